The number of carboxylic acid groups (broad SMARTS) is 1. The van der Waals surface area contributed by atoms with Gasteiger partial charge >= 0.3 is 11.9 Å². The summed E-state index contributed by atoms with van der Waals surface area (Å²) in [5, 5.41) is 11.8. The van der Waals surface area contributed by atoms with Gasteiger partial charge in [0.2, 0.25) is 5.91 Å². The highest BCUT2D eigenvalue weighted by Gasteiger charge is 2.59. The molecule has 0 unspecified atom stereocenters. The van der Waals surface area contributed by atoms with E-state index in [1.165, 1.54) is 23.6 Å². The minimum atomic E-state index is -1.15. The molecule has 1 saturated carbocycles. The summed E-state index contributed by atoms with van der Waals surface area (Å²) in [5.74, 6) is -2.22. The quantitative estimate of drug-likeness (QED) is 0.524. The zero-order valence-electron chi connectivity index (χ0n) is 15.7. The predicted molar refractivity (Wildman–Crippen MR) is 103 cm³/mol. The molecule has 1 saturated heterocycles. The Morgan fingerprint density at radius 3 is 2.66 bits per heavy atom. The fourth-order valence-electron chi connectivity index (χ4n) is 3.95. The molecule has 4 atom stereocenters. The smallest absolute Gasteiger partial charge is 0.352 e. The zero-order valence-corrected chi connectivity index (χ0v) is 16.5. The average Bonchev–Trinajstić information content (AvgIpc) is 2.66. The normalized spacial score (nSPS) is 27.2. The number of amides is 2. The number of hydrogen-bond donors (Lipinski definition) is 2. The molecule has 2 heterocycles. The second-order valence-corrected chi connectivity index (χ2v) is 8.57. The molecule has 2 N–H and O–H groups in total. The summed E-state index contributed by atoms with van der Waals surface area (Å²) in [6.07, 6.45) is 0.626. The third kappa shape index (κ3) is 3.50. The van der Waals surface area contributed by atoms with Crippen LogP contribution in [0.2, 0.25) is 0 Å². The lowest BCUT2D eigenvalue weighted by Crippen LogP contribution is -2.72. The van der Waals surface area contributed by atoms with Gasteiger partial charge < -0.3 is 15.2 Å². The monoisotopic (exact) mass is 416 g/mol. The fraction of sp³-hybridized carbons (Fsp3) is 0.400. The highest BCUT2D eigenvalue weighted by atomic mass is 32.2. The van der Waals surface area contributed by atoms with E-state index in [-0.39, 0.29) is 41.8 Å². The number of carbonyl (C=O) groups excluding carboxylic acids is 3. The molecule has 4 rings (SSSR count). The van der Waals surface area contributed by atoms with Gasteiger partial charge in [0.1, 0.15) is 17.1 Å². The number of rotatable bonds is 6. The van der Waals surface area contributed by atoms with Crippen LogP contribution in [0.4, 0.5) is 0 Å². The molecule has 9 heteroatoms. The van der Waals surface area contributed by atoms with E-state index in [9.17, 15) is 24.3 Å². The lowest BCUT2D eigenvalue weighted by molar-refractivity contribution is -0.151. The number of hydrogen-bond acceptors (Lipinski definition) is 6. The Morgan fingerprint density at radius 2 is 2.00 bits per heavy atom. The highest BCUT2D eigenvalue weighted by Crippen LogP contribution is 2.54. The first-order chi connectivity index (χ1) is 13.9. The van der Waals surface area contributed by atoms with Crippen molar-refractivity contribution < 1.29 is 29.0 Å². The maximum absolute atomic E-state index is 12.6. The molecule has 0 aromatic heterocycles. The van der Waals surface area contributed by atoms with Gasteiger partial charge in [-0.05, 0) is 17.6 Å². The Bertz CT molecular complexity index is 915. The van der Waals surface area contributed by atoms with Crippen LogP contribution in [-0.4, -0.2) is 57.0 Å². The average molecular weight is 416 g/mol. The van der Waals surface area contributed by atoms with Gasteiger partial charge in [-0.15, -0.1) is 11.8 Å². The Kier molecular flexibility index (Phi) is 5.08. The predicted octanol–water partition coefficient (Wildman–Crippen LogP) is 0.919. The molecule has 8 nitrogen and oxygen atoms in total. The first-order valence-electron chi connectivity index (χ1n) is 9.28. The van der Waals surface area contributed by atoms with Crippen LogP contribution in [0.15, 0.2) is 41.6 Å². The van der Waals surface area contributed by atoms with E-state index in [1.54, 1.807) is 0 Å². The van der Waals surface area contributed by atoms with Crippen LogP contribution in [0.25, 0.3) is 0 Å². The minimum Gasteiger partial charge on any atom is -0.477 e. The van der Waals surface area contributed by atoms with Gasteiger partial charge in [0, 0.05) is 18.1 Å². The van der Waals surface area contributed by atoms with Crippen molar-refractivity contribution in [2.24, 2.45) is 5.92 Å². The molecular formula is C20H20N2O6S. The van der Waals surface area contributed by atoms with Crippen LogP contribution in [0.1, 0.15) is 18.9 Å². The molecule has 2 fully saturated rings. The number of esters is 1. The van der Waals surface area contributed by atoms with E-state index in [1.807, 2.05) is 30.3 Å². The third-order valence-electron chi connectivity index (χ3n) is 5.36. The number of ether oxygens (including phenoxy) is 1. The van der Waals surface area contributed by atoms with E-state index in [0.29, 0.717) is 12.0 Å². The summed E-state index contributed by atoms with van der Waals surface area (Å²) >= 11 is 1.45. The van der Waals surface area contributed by atoms with E-state index in [2.05, 4.69) is 5.32 Å². The van der Waals surface area contributed by atoms with E-state index in [0.717, 1.165) is 5.56 Å². The summed E-state index contributed by atoms with van der Waals surface area (Å²) in [4.78, 5) is 49.1. The molecule has 1 aliphatic carbocycles. The molecule has 1 aromatic carbocycles. The van der Waals surface area contributed by atoms with E-state index >= 15 is 0 Å². The van der Waals surface area contributed by atoms with Crippen molar-refractivity contribution in [3.63, 3.8) is 0 Å². The molecule has 29 heavy (non-hydrogen) atoms. The third-order valence-corrected chi connectivity index (χ3v) is 7.08. The number of benzene rings is 1. The van der Waals surface area contributed by atoms with Gasteiger partial charge in [-0.3, -0.25) is 19.3 Å². The molecule has 1 aromatic rings. The van der Waals surface area contributed by atoms with Crippen molar-refractivity contribution in [3.05, 3.63) is 47.2 Å². The summed E-state index contributed by atoms with van der Waals surface area (Å²) < 4.78 is 5.08. The molecule has 0 radical (unpaired) electrons. The number of nitrogens with one attached hydrogen (secondary N) is 1. The molecule has 152 valence electrons. The van der Waals surface area contributed by atoms with Crippen LogP contribution in [0, 0.1) is 5.92 Å². The van der Waals surface area contributed by atoms with Gasteiger partial charge in [0.25, 0.3) is 5.91 Å². The van der Waals surface area contributed by atoms with Crippen LogP contribution >= 0.6 is 11.8 Å². The van der Waals surface area contributed by atoms with Crippen molar-refractivity contribution in [3.8, 4) is 0 Å². The van der Waals surface area contributed by atoms with Gasteiger partial charge in [-0.2, -0.15) is 0 Å². The lowest BCUT2D eigenvalue weighted by Gasteiger charge is -2.55. The molecule has 3 aliphatic rings. The van der Waals surface area contributed by atoms with Crippen LogP contribution in [0.3, 0.4) is 0 Å². The zero-order chi connectivity index (χ0) is 20.7. The summed E-state index contributed by atoms with van der Waals surface area (Å²) in [6, 6.07) is 8.42. The number of thioether (sulfide) groups is 1. The molecule has 0 spiro atoms. The SMILES string of the molecule is CC(=O)OC[C@H]1CC2=C(C(=O)O)N3C(=O)[C@@H](NC(=O)Cc4ccccc4)[C@H]3S[C@H]21. The lowest BCUT2D eigenvalue weighted by atomic mass is 9.77. The van der Waals surface area contributed by atoms with Crippen LogP contribution in [-0.2, 0) is 30.3 Å². The minimum absolute atomic E-state index is 0.00627. The Morgan fingerprint density at radius 1 is 1.28 bits per heavy atom. The number of β-lactam (4-membered cyclic amide) rings is 1. The molecule has 2 aliphatic heterocycles. The van der Waals surface area contributed by atoms with Crippen molar-refractivity contribution >= 4 is 35.5 Å². The highest BCUT2D eigenvalue weighted by molar-refractivity contribution is 8.01. The Labute approximate surface area is 171 Å². The first-order valence-corrected chi connectivity index (χ1v) is 10.2. The number of carboxylic acids is 1. The largest absolute Gasteiger partial charge is 0.477 e. The van der Waals surface area contributed by atoms with Crippen molar-refractivity contribution in [1.29, 1.82) is 0 Å². The number of nitrogens with zero attached hydrogens (tertiary/aromatic N) is 1. The first kappa shape index (κ1) is 19.5. The standard InChI is InChI=1S/C20H20N2O6S/c1-10(23)28-9-12-8-13-16(20(26)27)22-18(25)15(19(22)29-17(12)13)21-14(24)7-11-5-3-2-4-6-11/h2-6,12,15,17,19H,7-9H2,1H3,(H,21,24)(H,26,27)/t12-,15-,17+,19-/m1/s1. The van der Waals surface area contributed by atoms with Crippen molar-refractivity contribution in [2.45, 2.75) is 36.4 Å². The summed E-state index contributed by atoms with van der Waals surface area (Å²) in [5.41, 5.74) is 1.54. The summed E-state index contributed by atoms with van der Waals surface area (Å²) in [6.45, 7) is 1.55. The van der Waals surface area contributed by atoms with E-state index < -0.39 is 23.3 Å². The second kappa shape index (κ2) is 7.55. The van der Waals surface area contributed by atoms with Crippen LogP contribution in [0.5, 0.6) is 0 Å². The van der Waals surface area contributed by atoms with Gasteiger partial charge in [0.15, 0.2) is 0 Å². The maximum Gasteiger partial charge on any atom is 0.352 e. The van der Waals surface area contributed by atoms with Crippen molar-refractivity contribution in [2.75, 3.05) is 6.61 Å². The van der Waals surface area contributed by atoms with E-state index in [4.69, 9.17) is 4.74 Å². The topological polar surface area (TPSA) is 113 Å². The number of aliphatic carboxylic acids is 1. The van der Waals surface area contributed by atoms with Crippen molar-refractivity contribution in [1.82, 2.24) is 10.2 Å². The number of carbonyl (C=O) groups is 4. The molecule has 0 bridgehead atoms. The second-order valence-electron chi connectivity index (χ2n) is 7.31. The Balaban J connectivity index is 1.46. The van der Waals surface area contributed by atoms with Crippen LogP contribution < -0.4 is 5.32 Å². The van der Waals surface area contributed by atoms with Gasteiger partial charge in [-0.25, -0.2) is 4.79 Å². The van der Waals surface area contributed by atoms with Gasteiger partial charge in [-0.1, -0.05) is 30.3 Å². The molecule has 2 amide bonds. The Hall–Kier alpha value is -2.81. The van der Waals surface area contributed by atoms with Gasteiger partial charge in [0.05, 0.1) is 13.0 Å². The number of fused-ring (bicyclic) bond motifs is 2. The molecular weight excluding hydrogens is 396 g/mol. The fourth-order valence-corrected chi connectivity index (χ4v) is 5.69. The maximum atomic E-state index is 12.6. The summed E-state index contributed by atoms with van der Waals surface area (Å²) in [7, 11) is 0.